The first-order valence-electron chi connectivity index (χ1n) is 11.8. The lowest BCUT2D eigenvalue weighted by atomic mass is 10.1. The van der Waals surface area contributed by atoms with Crippen molar-refractivity contribution in [3.05, 3.63) is 132 Å². The van der Waals surface area contributed by atoms with Crippen molar-refractivity contribution in [2.75, 3.05) is 31.5 Å². The molecule has 0 bridgehead atoms. The van der Waals surface area contributed by atoms with Gasteiger partial charge in [-0.2, -0.15) is 0 Å². The number of halogens is 1. The Morgan fingerprint density at radius 2 is 1.50 bits per heavy atom. The second kappa shape index (κ2) is 14.2. The second-order valence-electron chi connectivity index (χ2n) is 8.20. The number of anilines is 1. The second-order valence-corrected chi connectivity index (χ2v) is 9.16. The minimum atomic E-state index is 0.0711. The highest BCUT2D eigenvalue weighted by Crippen LogP contribution is 2.17. The number of carbonyl (C=O) groups is 1. The van der Waals surface area contributed by atoms with Crippen molar-refractivity contribution in [2.24, 2.45) is 0 Å². The number of nitrogens with zero attached hydrogens (tertiary/aromatic N) is 2. The van der Waals surface area contributed by atoms with Gasteiger partial charge in [-0.15, -0.1) is 12.6 Å². The van der Waals surface area contributed by atoms with Crippen LogP contribution in [-0.4, -0.2) is 41.9 Å². The highest BCUT2D eigenvalue weighted by molar-refractivity contribution is 7.80. The number of piperazine rings is 1. The van der Waals surface area contributed by atoms with Crippen LogP contribution < -0.4 is 5.32 Å². The van der Waals surface area contributed by atoms with Crippen LogP contribution in [0.4, 0.5) is 5.69 Å². The van der Waals surface area contributed by atoms with E-state index in [0.717, 1.165) is 40.0 Å². The van der Waals surface area contributed by atoms with Crippen LogP contribution in [0.5, 0.6) is 0 Å². The minimum absolute atomic E-state index is 0.0711. The summed E-state index contributed by atoms with van der Waals surface area (Å²) in [6, 6.07) is 25.2. The summed E-state index contributed by atoms with van der Waals surface area (Å²) in [6.45, 7) is 11.3. The molecule has 0 aromatic heterocycles. The number of thiol groups is 1. The predicted octanol–water partition coefficient (Wildman–Crippen LogP) is 6.94. The molecule has 0 atom stereocenters. The third-order valence-electron chi connectivity index (χ3n) is 5.73. The Morgan fingerprint density at radius 3 is 2.03 bits per heavy atom. The summed E-state index contributed by atoms with van der Waals surface area (Å²) in [5.41, 5.74) is 3.88. The van der Waals surface area contributed by atoms with E-state index in [2.05, 4.69) is 36.0 Å². The van der Waals surface area contributed by atoms with E-state index in [1.165, 1.54) is 0 Å². The fourth-order valence-electron chi connectivity index (χ4n) is 3.74. The average Bonchev–Trinajstić information content (AvgIpc) is 2.92. The Kier molecular flexibility index (Phi) is 10.7. The van der Waals surface area contributed by atoms with Gasteiger partial charge in [0.1, 0.15) is 0 Å². The van der Waals surface area contributed by atoms with Crippen LogP contribution in [0.25, 0.3) is 0 Å². The van der Waals surface area contributed by atoms with Crippen molar-refractivity contribution in [1.29, 1.82) is 0 Å². The monoisotopic (exact) mass is 517 g/mol. The Morgan fingerprint density at radius 1 is 0.889 bits per heavy atom. The van der Waals surface area contributed by atoms with Gasteiger partial charge in [0.05, 0.1) is 0 Å². The van der Waals surface area contributed by atoms with E-state index in [1.54, 1.807) is 6.08 Å². The molecule has 4 nitrogen and oxygen atoms in total. The molecule has 0 spiro atoms. The molecule has 1 N–H and O–H groups in total. The van der Waals surface area contributed by atoms with Crippen molar-refractivity contribution in [3.8, 4) is 0 Å². The summed E-state index contributed by atoms with van der Waals surface area (Å²) in [5, 5.41) is 4.10. The van der Waals surface area contributed by atoms with Gasteiger partial charge >= 0.3 is 0 Å². The molecule has 0 saturated carbocycles. The molecule has 3 aromatic rings. The number of hydrogen-bond acceptors (Lipinski definition) is 4. The Labute approximate surface area is 225 Å². The third kappa shape index (κ3) is 8.36. The van der Waals surface area contributed by atoms with E-state index in [1.807, 2.05) is 95.9 Å². The molecule has 4 rings (SSSR count). The lowest BCUT2D eigenvalue weighted by molar-refractivity contribution is 0.0672. The number of hydrogen-bond donors (Lipinski definition) is 2. The summed E-state index contributed by atoms with van der Waals surface area (Å²) in [5.74, 6) is 0.0711. The van der Waals surface area contributed by atoms with Gasteiger partial charge in [-0.25, -0.2) is 0 Å². The van der Waals surface area contributed by atoms with E-state index >= 15 is 0 Å². The number of rotatable bonds is 7. The highest BCUT2D eigenvalue weighted by Gasteiger charge is 2.22. The first-order chi connectivity index (χ1) is 17.5. The van der Waals surface area contributed by atoms with Gasteiger partial charge in [0.25, 0.3) is 5.91 Å². The van der Waals surface area contributed by atoms with E-state index in [4.69, 9.17) is 11.6 Å². The third-order valence-corrected chi connectivity index (χ3v) is 6.28. The zero-order valence-corrected chi connectivity index (χ0v) is 22.0. The van der Waals surface area contributed by atoms with Crippen molar-refractivity contribution in [3.63, 3.8) is 0 Å². The normalized spacial score (nSPS) is 13.3. The Bertz CT molecular complexity index is 1150. The smallest absolute Gasteiger partial charge is 0.253 e. The van der Waals surface area contributed by atoms with Crippen LogP contribution in [0.2, 0.25) is 5.02 Å². The minimum Gasteiger partial charge on any atom is -0.381 e. The molecule has 6 heteroatoms. The molecule has 36 heavy (non-hydrogen) atoms. The van der Waals surface area contributed by atoms with Gasteiger partial charge < -0.3 is 15.1 Å². The average molecular weight is 518 g/mol. The van der Waals surface area contributed by atoms with Gasteiger partial charge in [-0.05, 0) is 66.2 Å². The number of allylic oxidation sites excluding steroid dienone is 3. The van der Waals surface area contributed by atoms with Gasteiger partial charge in [0.2, 0.25) is 0 Å². The maximum Gasteiger partial charge on any atom is 0.253 e. The maximum atomic E-state index is 12.8. The lowest BCUT2D eigenvalue weighted by Gasteiger charge is -2.36. The van der Waals surface area contributed by atoms with E-state index in [0.29, 0.717) is 25.2 Å². The number of amides is 1. The number of benzene rings is 3. The van der Waals surface area contributed by atoms with Crippen LogP contribution in [-0.2, 0) is 6.54 Å². The molecular weight excluding hydrogens is 486 g/mol. The fraction of sp³-hybridized carbons (Fsp3) is 0.167. The van der Waals surface area contributed by atoms with Crippen molar-refractivity contribution in [1.82, 2.24) is 9.80 Å². The van der Waals surface area contributed by atoms with E-state index in [9.17, 15) is 4.79 Å². The zero-order valence-electron chi connectivity index (χ0n) is 20.3. The quantitative estimate of drug-likeness (QED) is 0.263. The molecule has 1 fully saturated rings. The van der Waals surface area contributed by atoms with Gasteiger partial charge in [0.15, 0.2) is 0 Å². The predicted molar refractivity (Wildman–Crippen MR) is 155 cm³/mol. The van der Waals surface area contributed by atoms with Crippen LogP contribution in [0.3, 0.4) is 0 Å². The van der Waals surface area contributed by atoms with Gasteiger partial charge in [-0.1, -0.05) is 61.2 Å². The largest absolute Gasteiger partial charge is 0.381 e. The summed E-state index contributed by atoms with van der Waals surface area (Å²) >= 11 is 10.00. The van der Waals surface area contributed by atoms with Crippen LogP contribution in [0, 0.1) is 0 Å². The Hall–Kier alpha value is -3.41. The van der Waals surface area contributed by atoms with Crippen molar-refractivity contribution < 1.29 is 4.79 Å². The van der Waals surface area contributed by atoms with Crippen LogP contribution >= 0.6 is 24.2 Å². The van der Waals surface area contributed by atoms with Crippen molar-refractivity contribution in [2.45, 2.75) is 11.4 Å². The van der Waals surface area contributed by atoms with Crippen molar-refractivity contribution >= 4 is 35.8 Å². The molecular formula is C30H32ClN3OS. The molecule has 1 heterocycles. The summed E-state index contributed by atoms with van der Waals surface area (Å²) in [7, 11) is 0. The fourth-order valence-corrected chi connectivity index (χ4v) is 4.04. The molecule has 1 aliphatic rings. The van der Waals surface area contributed by atoms with Gasteiger partial charge in [-0.3, -0.25) is 4.79 Å². The number of carbonyl (C=O) groups excluding carboxylic acids is 1. The van der Waals surface area contributed by atoms with E-state index in [-0.39, 0.29) is 5.91 Å². The molecule has 0 unspecified atom stereocenters. The lowest BCUT2D eigenvalue weighted by Crippen LogP contribution is -2.48. The Balaban J connectivity index is 0.000000444. The summed E-state index contributed by atoms with van der Waals surface area (Å²) < 4.78 is 0. The topological polar surface area (TPSA) is 35.6 Å². The molecule has 1 saturated heterocycles. The molecule has 3 aromatic carbocycles. The molecule has 0 aliphatic carbocycles. The van der Waals surface area contributed by atoms with Gasteiger partial charge in [0, 0.05) is 59.6 Å². The first kappa shape index (κ1) is 27.2. The summed E-state index contributed by atoms with van der Waals surface area (Å²) in [6.07, 6.45) is 5.53. The first-order valence-corrected chi connectivity index (χ1v) is 12.6. The number of nitrogens with one attached hydrogen (secondary N) is 1. The molecule has 186 valence electrons. The molecule has 1 aliphatic heterocycles. The standard InChI is InChI=1S/C24H26ClN3O.C6H6S/c1-3-5-23(4-2)27-14-16-28(17-15-27)24(29)20-8-12-22(13-9-20)26-18-19-6-10-21(25)11-7-19;7-6-4-2-1-3-5-6/h3-13,26H,1-2,14-18H2;1-5,7H/b23-5+;. The maximum absolute atomic E-state index is 12.8. The molecule has 0 radical (unpaired) electrons. The van der Waals surface area contributed by atoms with E-state index < -0.39 is 0 Å². The highest BCUT2D eigenvalue weighted by atomic mass is 35.5. The summed E-state index contributed by atoms with van der Waals surface area (Å²) in [4.78, 5) is 18.0. The van der Waals surface area contributed by atoms with Crippen LogP contribution in [0.1, 0.15) is 15.9 Å². The molecule has 1 amide bonds. The van der Waals surface area contributed by atoms with Crippen LogP contribution in [0.15, 0.2) is 121 Å². The SMILES string of the molecule is C=C/C=C(\C=C)N1CCN(C(=O)c2ccc(NCc3ccc(Cl)cc3)cc2)CC1.Sc1ccccc1. The zero-order chi connectivity index (χ0) is 25.8.